The molecule has 0 spiro atoms. The van der Waals surface area contributed by atoms with Crippen molar-refractivity contribution in [3.8, 4) is 11.3 Å². The first-order valence-electron chi connectivity index (χ1n) is 15.3. The summed E-state index contributed by atoms with van der Waals surface area (Å²) >= 11 is 0. The first kappa shape index (κ1) is 28.1. The van der Waals surface area contributed by atoms with Gasteiger partial charge in [0, 0.05) is 86.9 Å². The van der Waals surface area contributed by atoms with Gasteiger partial charge in [-0.2, -0.15) is 0 Å². The van der Waals surface area contributed by atoms with Crippen LogP contribution in [0.2, 0.25) is 0 Å². The Morgan fingerprint density at radius 3 is 2.42 bits per heavy atom. The number of benzene rings is 2. The lowest BCUT2D eigenvalue weighted by Crippen LogP contribution is -2.52. The van der Waals surface area contributed by atoms with Gasteiger partial charge in [-0.1, -0.05) is 18.2 Å². The van der Waals surface area contributed by atoms with Crippen LogP contribution < -0.4 is 14.9 Å². The van der Waals surface area contributed by atoms with E-state index in [2.05, 4.69) is 59.7 Å². The van der Waals surface area contributed by atoms with Crippen LogP contribution in [-0.2, 0) is 17.1 Å². The summed E-state index contributed by atoms with van der Waals surface area (Å²) in [5, 5.41) is 4.16. The van der Waals surface area contributed by atoms with Gasteiger partial charge in [-0.05, 0) is 63.1 Å². The van der Waals surface area contributed by atoms with E-state index in [0.29, 0.717) is 30.5 Å². The molecule has 2 aliphatic heterocycles. The minimum absolute atomic E-state index is 0.305. The molecule has 0 unspecified atom stereocenters. The Morgan fingerprint density at radius 1 is 0.884 bits per heavy atom. The van der Waals surface area contributed by atoms with Crippen LogP contribution in [0.1, 0.15) is 25.7 Å². The van der Waals surface area contributed by atoms with Gasteiger partial charge in [0.05, 0.1) is 22.3 Å². The summed E-state index contributed by atoms with van der Waals surface area (Å²) in [6.07, 6.45) is 7.42. The van der Waals surface area contributed by atoms with Gasteiger partial charge in [0.1, 0.15) is 0 Å². The second-order valence-electron chi connectivity index (χ2n) is 12.2. The molecule has 0 bridgehead atoms. The number of aromatic nitrogens is 3. The van der Waals surface area contributed by atoms with Gasteiger partial charge in [0.2, 0.25) is 16.0 Å². The predicted molar refractivity (Wildman–Crippen MR) is 174 cm³/mol. The zero-order valence-electron chi connectivity index (χ0n) is 24.9. The smallest absolute Gasteiger partial charge is 0.235 e. The van der Waals surface area contributed by atoms with E-state index in [1.165, 1.54) is 0 Å². The number of anilines is 4. The second-order valence-corrected chi connectivity index (χ2v) is 14.2. The Balaban J connectivity index is 1.12. The van der Waals surface area contributed by atoms with Crippen molar-refractivity contribution in [1.29, 1.82) is 0 Å². The molecular formula is C32H40N8O2S. The fourth-order valence-corrected chi connectivity index (χ4v) is 7.88. The highest BCUT2D eigenvalue weighted by Gasteiger charge is 2.36. The largest absolute Gasteiger partial charge is 0.370 e. The highest BCUT2D eigenvalue weighted by Crippen LogP contribution is 2.37. The minimum Gasteiger partial charge on any atom is -0.370 e. The molecule has 2 saturated heterocycles. The van der Waals surface area contributed by atoms with Gasteiger partial charge in [-0.15, -0.1) is 0 Å². The molecule has 2 aromatic heterocycles. The fraction of sp³-hybridized carbons (Fsp3) is 0.438. The number of fused-ring (bicyclic) bond motifs is 1. The van der Waals surface area contributed by atoms with Crippen molar-refractivity contribution in [1.82, 2.24) is 24.3 Å². The average molecular weight is 601 g/mol. The number of para-hydroxylation sites is 1. The highest BCUT2D eigenvalue weighted by molar-refractivity contribution is 7.93. The molecular weight excluding hydrogens is 560 g/mol. The van der Waals surface area contributed by atoms with Crippen LogP contribution in [0.3, 0.4) is 0 Å². The molecule has 2 N–H and O–H groups in total. The Kier molecular flexibility index (Phi) is 7.48. The van der Waals surface area contributed by atoms with E-state index < -0.39 is 10.0 Å². The summed E-state index contributed by atoms with van der Waals surface area (Å²) in [6.45, 7) is 6.29. The number of nitrogens with zero attached hydrogens (tertiary/aromatic N) is 6. The lowest BCUT2D eigenvalue weighted by molar-refractivity contribution is 0.0982. The zero-order valence-corrected chi connectivity index (χ0v) is 25.7. The van der Waals surface area contributed by atoms with E-state index in [4.69, 9.17) is 4.98 Å². The van der Waals surface area contributed by atoms with E-state index in [1.54, 1.807) is 6.20 Å². The summed E-state index contributed by atoms with van der Waals surface area (Å²) < 4.78 is 31.2. The molecule has 0 radical (unpaired) electrons. The fourth-order valence-electron chi connectivity index (χ4n) is 6.49. The Morgan fingerprint density at radius 2 is 1.65 bits per heavy atom. The first-order chi connectivity index (χ1) is 20.8. The SMILES string of the molecule is CN1CCN(C2CCN(c3ccc(Nc4nccc(-c5cn(C)c6ccccc56)n4)cc3NS(=O)(=O)C3CC3)CC2)CC1. The number of nitrogens with one attached hydrogen (secondary N) is 2. The molecule has 226 valence electrons. The molecule has 3 aliphatic rings. The van der Waals surface area contributed by atoms with E-state index in [-0.39, 0.29) is 5.25 Å². The molecule has 11 heteroatoms. The monoisotopic (exact) mass is 600 g/mol. The average Bonchev–Trinajstić information content (AvgIpc) is 3.83. The standard InChI is InChI=1S/C32H40N8O2S/c1-37-17-19-39(20-18-37)24-12-15-40(16-13-24)31-10-7-23(21-29(31)36-43(41,42)25-8-9-25)34-32-33-14-11-28(35-32)27-22-38(2)30-6-4-3-5-26(27)30/h3-7,10-11,14,21-22,24-25,36H,8-9,12-13,15-20H2,1-2H3,(H,33,34,35). The van der Waals surface area contributed by atoms with E-state index in [9.17, 15) is 8.42 Å². The summed E-state index contributed by atoms with van der Waals surface area (Å²) in [7, 11) is 0.789. The van der Waals surface area contributed by atoms with Crippen molar-refractivity contribution in [3.63, 3.8) is 0 Å². The van der Waals surface area contributed by atoms with Gasteiger partial charge in [-0.25, -0.2) is 18.4 Å². The lowest BCUT2D eigenvalue weighted by atomic mass is 10.0. The number of hydrogen-bond acceptors (Lipinski definition) is 8. The predicted octanol–water partition coefficient (Wildman–Crippen LogP) is 4.50. The van der Waals surface area contributed by atoms with Crippen LogP contribution in [0.25, 0.3) is 22.2 Å². The van der Waals surface area contributed by atoms with Gasteiger partial charge >= 0.3 is 0 Å². The lowest BCUT2D eigenvalue weighted by Gasteiger charge is -2.43. The number of hydrogen-bond donors (Lipinski definition) is 2. The van der Waals surface area contributed by atoms with E-state index in [1.807, 2.05) is 43.4 Å². The molecule has 4 heterocycles. The molecule has 2 aromatic carbocycles. The third kappa shape index (κ3) is 5.93. The summed E-state index contributed by atoms with van der Waals surface area (Å²) in [5.41, 5.74) is 5.28. The molecule has 4 aromatic rings. The van der Waals surface area contributed by atoms with Gasteiger partial charge in [0.25, 0.3) is 0 Å². The van der Waals surface area contributed by atoms with Crippen LogP contribution in [0, 0.1) is 0 Å². The van der Waals surface area contributed by atoms with Gasteiger partial charge in [-0.3, -0.25) is 9.62 Å². The molecule has 43 heavy (non-hydrogen) atoms. The zero-order chi connectivity index (χ0) is 29.6. The second kappa shape index (κ2) is 11.4. The van der Waals surface area contributed by atoms with E-state index >= 15 is 0 Å². The molecule has 1 aliphatic carbocycles. The number of piperazine rings is 1. The number of aryl methyl sites for hydroxylation is 1. The topological polar surface area (TPSA) is 98.6 Å². The van der Waals surface area contributed by atoms with Crippen molar-refractivity contribution in [2.75, 3.05) is 61.3 Å². The number of likely N-dealkylation sites (N-methyl/N-ethyl adjacent to an activating group) is 1. The Bertz CT molecular complexity index is 1720. The van der Waals surface area contributed by atoms with Crippen molar-refractivity contribution in [3.05, 3.63) is 60.9 Å². The molecule has 0 amide bonds. The van der Waals surface area contributed by atoms with Crippen molar-refractivity contribution in [2.24, 2.45) is 7.05 Å². The third-order valence-corrected chi connectivity index (χ3v) is 11.0. The number of piperidine rings is 1. The van der Waals surface area contributed by atoms with Crippen molar-refractivity contribution >= 4 is 43.9 Å². The summed E-state index contributed by atoms with van der Waals surface area (Å²) in [6, 6.07) is 16.7. The Labute approximate surface area is 253 Å². The maximum atomic E-state index is 13.1. The van der Waals surface area contributed by atoms with Gasteiger partial charge < -0.3 is 19.7 Å². The van der Waals surface area contributed by atoms with Crippen LogP contribution >= 0.6 is 0 Å². The summed E-state index contributed by atoms with van der Waals surface area (Å²) in [4.78, 5) is 16.7. The third-order valence-electron chi connectivity index (χ3n) is 9.16. The quantitative estimate of drug-likeness (QED) is 0.305. The number of sulfonamides is 1. The van der Waals surface area contributed by atoms with E-state index in [0.717, 1.165) is 85.6 Å². The first-order valence-corrected chi connectivity index (χ1v) is 16.9. The molecule has 10 nitrogen and oxygen atoms in total. The molecule has 7 rings (SSSR count). The highest BCUT2D eigenvalue weighted by atomic mass is 32.2. The van der Waals surface area contributed by atoms with Crippen LogP contribution in [-0.4, -0.2) is 90.4 Å². The minimum atomic E-state index is -3.44. The number of rotatable bonds is 8. The van der Waals surface area contributed by atoms with Crippen molar-refractivity contribution < 1.29 is 8.42 Å². The summed E-state index contributed by atoms with van der Waals surface area (Å²) in [5.74, 6) is 0.460. The maximum absolute atomic E-state index is 13.1. The molecule has 1 saturated carbocycles. The maximum Gasteiger partial charge on any atom is 0.235 e. The van der Waals surface area contributed by atoms with Crippen LogP contribution in [0.15, 0.2) is 60.9 Å². The molecule has 3 fully saturated rings. The van der Waals surface area contributed by atoms with Crippen LogP contribution in [0.5, 0.6) is 0 Å². The van der Waals surface area contributed by atoms with Gasteiger partial charge in [0.15, 0.2) is 0 Å². The normalized spacial score (nSPS) is 19.2. The molecule has 0 atom stereocenters. The Hall–Kier alpha value is -3.67. The van der Waals surface area contributed by atoms with Crippen LogP contribution in [0.4, 0.5) is 23.0 Å². The van der Waals surface area contributed by atoms with Crippen molar-refractivity contribution in [2.45, 2.75) is 37.0 Å².